The summed E-state index contributed by atoms with van der Waals surface area (Å²) in [6, 6.07) is 5.15. The molecule has 1 aromatic rings. The highest BCUT2D eigenvalue weighted by Crippen LogP contribution is 2.25. The molecule has 0 aromatic heterocycles. The number of benzene rings is 1. The fourth-order valence-corrected chi connectivity index (χ4v) is 2.68. The second-order valence-corrected chi connectivity index (χ2v) is 5.17. The van der Waals surface area contributed by atoms with Crippen LogP contribution in [0.1, 0.15) is 23.2 Å². The van der Waals surface area contributed by atoms with E-state index in [1.165, 1.54) is 0 Å². The van der Waals surface area contributed by atoms with Crippen molar-refractivity contribution in [2.45, 2.75) is 12.8 Å². The Morgan fingerprint density at radius 3 is 2.95 bits per heavy atom. The predicted molar refractivity (Wildman–Crippen MR) is 77.9 cm³/mol. The highest BCUT2D eigenvalue weighted by molar-refractivity contribution is 5.97. The molecule has 1 aliphatic heterocycles. The maximum Gasteiger partial charge on any atom is 0.257 e. The molecule has 2 N–H and O–H groups in total. The summed E-state index contributed by atoms with van der Waals surface area (Å²) in [6.45, 7) is 2.22. The summed E-state index contributed by atoms with van der Waals surface area (Å²) >= 11 is 0. The zero-order chi connectivity index (χ0) is 14.5. The van der Waals surface area contributed by atoms with Crippen molar-refractivity contribution < 1.29 is 14.3 Å². The van der Waals surface area contributed by atoms with E-state index in [0.29, 0.717) is 29.5 Å². The van der Waals surface area contributed by atoms with Crippen LogP contribution in [0.3, 0.4) is 0 Å². The largest absolute Gasteiger partial charge is 0.496 e. The van der Waals surface area contributed by atoms with Crippen LogP contribution in [0.15, 0.2) is 18.2 Å². The second-order valence-electron chi connectivity index (χ2n) is 5.17. The van der Waals surface area contributed by atoms with Crippen molar-refractivity contribution in [3.05, 3.63) is 23.8 Å². The van der Waals surface area contributed by atoms with Gasteiger partial charge in [0.1, 0.15) is 5.75 Å². The fourth-order valence-electron chi connectivity index (χ4n) is 2.68. The van der Waals surface area contributed by atoms with Gasteiger partial charge in [-0.15, -0.1) is 0 Å². The number of anilines is 1. The van der Waals surface area contributed by atoms with Gasteiger partial charge >= 0.3 is 0 Å². The number of methoxy groups -OCH3 is 2. The van der Waals surface area contributed by atoms with Crippen LogP contribution in [-0.2, 0) is 4.74 Å². The van der Waals surface area contributed by atoms with Crippen molar-refractivity contribution >= 4 is 11.6 Å². The SMILES string of the molecule is COCC1CCCN(C(=O)c2ccc(N)cc2OC)C1. The molecule has 1 atom stereocenters. The molecule has 1 amide bonds. The van der Waals surface area contributed by atoms with E-state index in [0.717, 1.165) is 25.9 Å². The third-order valence-corrected chi connectivity index (χ3v) is 3.66. The van der Waals surface area contributed by atoms with Gasteiger partial charge in [-0.3, -0.25) is 4.79 Å². The number of hydrogen-bond donors (Lipinski definition) is 1. The molecule has 1 aliphatic rings. The minimum absolute atomic E-state index is 0.00246. The topological polar surface area (TPSA) is 64.8 Å². The van der Waals surface area contributed by atoms with Crippen LogP contribution in [0, 0.1) is 5.92 Å². The number of likely N-dealkylation sites (tertiary alicyclic amines) is 1. The van der Waals surface area contributed by atoms with E-state index in [9.17, 15) is 4.79 Å². The Morgan fingerprint density at radius 2 is 2.25 bits per heavy atom. The van der Waals surface area contributed by atoms with E-state index < -0.39 is 0 Å². The molecule has 1 saturated heterocycles. The van der Waals surface area contributed by atoms with Gasteiger partial charge in [0.05, 0.1) is 19.3 Å². The first-order chi connectivity index (χ1) is 9.65. The van der Waals surface area contributed by atoms with Gasteiger partial charge in [-0.2, -0.15) is 0 Å². The Morgan fingerprint density at radius 1 is 1.45 bits per heavy atom. The Hall–Kier alpha value is -1.75. The zero-order valence-corrected chi connectivity index (χ0v) is 12.1. The first-order valence-electron chi connectivity index (χ1n) is 6.87. The standard InChI is InChI=1S/C15H22N2O3/c1-19-10-11-4-3-7-17(9-11)15(18)13-6-5-12(16)8-14(13)20-2/h5-6,8,11H,3-4,7,9-10,16H2,1-2H3. The lowest BCUT2D eigenvalue weighted by Crippen LogP contribution is -2.41. The number of nitrogen functional groups attached to an aromatic ring is 1. The van der Waals surface area contributed by atoms with Gasteiger partial charge in [0, 0.05) is 32.0 Å². The molecule has 0 radical (unpaired) electrons. The number of amides is 1. The summed E-state index contributed by atoms with van der Waals surface area (Å²) in [7, 11) is 3.25. The third-order valence-electron chi connectivity index (χ3n) is 3.66. The van der Waals surface area contributed by atoms with Crippen molar-refractivity contribution in [2.75, 3.05) is 39.6 Å². The molecule has 1 fully saturated rings. The van der Waals surface area contributed by atoms with Crippen LogP contribution < -0.4 is 10.5 Å². The van der Waals surface area contributed by atoms with E-state index >= 15 is 0 Å². The molecule has 20 heavy (non-hydrogen) atoms. The monoisotopic (exact) mass is 278 g/mol. The molecule has 1 unspecified atom stereocenters. The van der Waals surface area contributed by atoms with Crippen LogP contribution in [0.5, 0.6) is 5.75 Å². The van der Waals surface area contributed by atoms with E-state index in [2.05, 4.69) is 0 Å². The molecule has 0 aliphatic carbocycles. The van der Waals surface area contributed by atoms with Gasteiger partial charge in [0.2, 0.25) is 0 Å². The minimum atomic E-state index is 0.00246. The summed E-state index contributed by atoms with van der Waals surface area (Å²) in [5.74, 6) is 0.948. The minimum Gasteiger partial charge on any atom is -0.496 e. The number of carbonyl (C=O) groups is 1. The molecular formula is C15H22N2O3. The van der Waals surface area contributed by atoms with Crippen molar-refractivity contribution in [1.29, 1.82) is 0 Å². The van der Waals surface area contributed by atoms with Gasteiger partial charge in [0.25, 0.3) is 5.91 Å². The van der Waals surface area contributed by atoms with Gasteiger partial charge in [-0.1, -0.05) is 0 Å². The lowest BCUT2D eigenvalue weighted by Gasteiger charge is -2.32. The fraction of sp³-hybridized carbons (Fsp3) is 0.533. The molecular weight excluding hydrogens is 256 g/mol. The quantitative estimate of drug-likeness (QED) is 0.853. The van der Waals surface area contributed by atoms with Gasteiger partial charge in [-0.05, 0) is 30.9 Å². The van der Waals surface area contributed by atoms with E-state index in [1.807, 2.05) is 4.90 Å². The molecule has 110 valence electrons. The molecule has 0 bridgehead atoms. The number of hydrogen-bond acceptors (Lipinski definition) is 4. The van der Waals surface area contributed by atoms with Gasteiger partial charge in [0.15, 0.2) is 0 Å². The molecule has 5 heteroatoms. The van der Waals surface area contributed by atoms with Crippen LogP contribution >= 0.6 is 0 Å². The first-order valence-corrected chi connectivity index (χ1v) is 6.87. The molecule has 1 aromatic carbocycles. The third kappa shape index (κ3) is 3.22. The molecule has 1 heterocycles. The molecule has 0 spiro atoms. The Bertz CT molecular complexity index is 474. The number of nitrogens with two attached hydrogens (primary N) is 1. The normalized spacial score (nSPS) is 18.9. The molecule has 5 nitrogen and oxygen atoms in total. The van der Waals surface area contributed by atoms with E-state index in [-0.39, 0.29) is 5.91 Å². The Labute approximate surface area is 119 Å². The smallest absolute Gasteiger partial charge is 0.257 e. The second kappa shape index (κ2) is 6.61. The number of nitrogens with zero attached hydrogens (tertiary/aromatic N) is 1. The number of carbonyl (C=O) groups excluding carboxylic acids is 1. The molecule has 2 rings (SSSR count). The van der Waals surface area contributed by atoms with Crippen molar-refractivity contribution in [3.8, 4) is 5.75 Å². The molecule has 0 saturated carbocycles. The Kier molecular flexibility index (Phi) is 4.84. The van der Waals surface area contributed by atoms with Gasteiger partial charge in [-0.25, -0.2) is 0 Å². The van der Waals surface area contributed by atoms with E-state index in [4.69, 9.17) is 15.2 Å². The number of piperidine rings is 1. The van der Waals surface area contributed by atoms with Crippen molar-refractivity contribution in [3.63, 3.8) is 0 Å². The van der Waals surface area contributed by atoms with Crippen LogP contribution in [-0.4, -0.2) is 44.7 Å². The lowest BCUT2D eigenvalue weighted by molar-refractivity contribution is 0.0568. The zero-order valence-electron chi connectivity index (χ0n) is 12.1. The summed E-state index contributed by atoms with van der Waals surface area (Å²) in [4.78, 5) is 14.5. The summed E-state index contributed by atoms with van der Waals surface area (Å²) < 4.78 is 10.5. The lowest BCUT2D eigenvalue weighted by atomic mass is 9.98. The summed E-state index contributed by atoms with van der Waals surface area (Å²) in [6.07, 6.45) is 2.12. The van der Waals surface area contributed by atoms with Gasteiger partial charge < -0.3 is 20.1 Å². The van der Waals surface area contributed by atoms with Crippen molar-refractivity contribution in [2.24, 2.45) is 5.92 Å². The first kappa shape index (κ1) is 14.7. The highest BCUT2D eigenvalue weighted by Gasteiger charge is 2.26. The average molecular weight is 278 g/mol. The van der Waals surface area contributed by atoms with E-state index in [1.54, 1.807) is 32.4 Å². The average Bonchev–Trinajstić information content (AvgIpc) is 2.47. The van der Waals surface area contributed by atoms with Crippen LogP contribution in [0.2, 0.25) is 0 Å². The summed E-state index contributed by atoms with van der Waals surface area (Å²) in [5, 5.41) is 0. The predicted octanol–water partition coefficient (Wildman–Crippen LogP) is 1.78. The van der Waals surface area contributed by atoms with Crippen molar-refractivity contribution in [1.82, 2.24) is 4.90 Å². The maximum atomic E-state index is 12.6. The Balaban J connectivity index is 2.14. The number of rotatable bonds is 4. The maximum absolute atomic E-state index is 12.6. The highest BCUT2D eigenvalue weighted by atomic mass is 16.5. The summed E-state index contributed by atoms with van der Waals surface area (Å²) in [5.41, 5.74) is 6.88. The van der Waals surface area contributed by atoms with Crippen LogP contribution in [0.4, 0.5) is 5.69 Å². The van der Waals surface area contributed by atoms with Crippen LogP contribution in [0.25, 0.3) is 0 Å². The number of ether oxygens (including phenoxy) is 2.